The zero-order chi connectivity index (χ0) is 16.6. The fraction of sp³-hybridized carbons (Fsp3) is 0.222. The Kier molecular flexibility index (Phi) is 3.22. The van der Waals surface area contributed by atoms with E-state index in [9.17, 15) is 0 Å². The van der Waals surface area contributed by atoms with E-state index in [2.05, 4.69) is 31.0 Å². The van der Waals surface area contributed by atoms with Gasteiger partial charge in [-0.1, -0.05) is 18.2 Å². The van der Waals surface area contributed by atoms with Crippen LogP contribution in [0, 0.1) is 0 Å². The van der Waals surface area contributed by atoms with Crippen molar-refractivity contribution < 1.29 is 0 Å². The zero-order valence-corrected chi connectivity index (χ0v) is 13.7. The van der Waals surface area contributed by atoms with Crippen LogP contribution in [0.5, 0.6) is 0 Å². The van der Waals surface area contributed by atoms with Gasteiger partial charge in [0.25, 0.3) is 0 Å². The number of anilines is 2. The van der Waals surface area contributed by atoms with Crippen molar-refractivity contribution in [2.75, 3.05) is 36.0 Å². The third-order valence-electron chi connectivity index (χ3n) is 4.68. The van der Waals surface area contributed by atoms with Crippen LogP contribution in [0.3, 0.4) is 0 Å². The van der Waals surface area contributed by atoms with Crippen molar-refractivity contribution in [2.24, 2.45) is 0 Å². The first kappa shape index (κ1) is 14.2. The molecule has 0 aliphatic carbocycles. The van der Waals surface area contributed by atoms with Crippen LogP contribution in [-0.4, -0.2) is 50.7 Å². The van der Waals surface area contributed by atoms with E-state index in [1.54, 1.807) is 6.33 Å². The van der Waals surface area contributed by atoms with Gasteiger partial charge < -0.3 is 9.80 Å². The monoisotopic (exact) mass is 331 g/mol. The van der Waals surface area contributed by atoms with Gasteiger partial charge in [0.1, 0.15) is 18.0 Å². The summed E-state index contributed by atoms with van der Waals surface area (Å²) in [6.45, 7) is 3.66. The number of hydrogen-bond acceptors (Lipinski definition) is 6. The summed E-state index contributed by atoms with van der Waals surface area (Å²) in [4.78, 5) is 13.9. The van der Waals surface area contributed by atoms with Crippen molar-refractivity contribution in [3.63, 3.8) is 0 Å². The van der Waals surface area contributed by atoms with Gasteiger partial charge in [-0.25, -0.2) is 4.98 Å². The lowest BCUT2D eigenvalue weighted by Crippen LogP contribution is -2.47. The lowest BCUT2D eigenvalue weighted by atomic mass is 10.3. The van der Waals surface area contributed by atoms with Crippen LogP contribution in [0.4, 0.5) is 11.6 Å². The highest BCUT2D eigenvalue weighted by molar-refractivity contribution is 5.75. The van der Waals surface area contributed by atoms with Gasteiger partial charge >= 0.3 is 0 Å². The largest absolute Gasteiger partial charge is 0.354 e. The molecule has 1 fully saturated rings. The van der Waals surface area contributed by atoms with Crippen molar-refractivity contribution in [1.82, 2.24) is 24.6 Å². The van der Waals surface area contributed by atoms with Crippen molar-refractivity contribution >= 4 is 28.3 Å². The van der Waals surface area contributed by atoms with Crippen LogP contribution in [0.1, 0.15) is 0 Å². The standard InChI is InChI=1S/C18H17N7/c1-2-5-15-14(4-1)19-12-17(21-15)23-8-10-24(11-9-23)18-7-3-6-16-22-20-13-25(16)18/h1-7,12-13H,8-11H2. The second kappa shape index (κ2) is 5.70. The molecule has 0 amide bonds. The average molecular weight is 331 g/mol. The van der Waals surface area contributed by atoms with Crippen molar-refractivity contribution in [3.05, 3.63) is 55.0 Å². The SMILES string of the molecule is c1ccc2nc(N3CCN(c4cccc5nncn45)CC3)cnc2c1. The molecule has 1 aliphatic rings. The van der Waals surface area contributed by atoms with E-state index in [4.69, 9.17) is 4.98 Å². The molecule has 4 aromatic rings. The number of aromatic nitrogens is 5. The fourth-order valence-electron chi connectivity index (χ4n) is 3.36. The van der Waals surface area contributed by atoms with Crippen LogP contribution in [-0.2, 0) is 0 Å². The van der Waals surface area contributed by atoms with Gasteiger partial charge in [0, 0.05) is 26.2 Å². The minimum atomic E-state index is 0.875. The number of para-hydroxylation sites is 2. The Morgan fingerprint density at radius 1 is 0.800 bits per heavy atom. The summed E-state index contributed by atoms with van der Waals surface area (Å²) in [5, 5.41) is 8.13. The van der Waals surface area contributed by atoms with Gasteiger partial charge in [-0.3, -0.25) is 9.38 Å². The molecule has 124 valence electrons. The molecule has 0 N–H and O–H groups in total. The van der Waals surface area contributed by atoms with Gasteiger partial charge in [0.2, 0.25) is 0 Å². The molecule has 25 heavy (non-hydrogen) atoms. The van der Waals surface area contributed by atoms with E-state index in [-0.39, 0.29) is 0 Å². The molecule has 0 spiro atoms. The van der Waals surface area contributed by atoms with Gasteiger partial charge in [-0.2, -0.15) is 0 Å². The summed E-state index contributed by atoms with van der Waals surface area (Å²) in [5.74, 6) is 2.08. The number of hydrogen-bond donors (Lipinski definition) is 0. The number of pyridine rings is 1. The predicted octanol–water partition coefficient (Wildman–Crippen LogP) is 2.00. The maximum Gasteiger partial charge on any atom is 0.162 e. The summed E-state index contributed by atoms with van der Waals surface area (Å²) in [7, 11) is 0. The lowest BCUT2D eigenvalue weighted by Gasteiger charge is -2.36. The Bertz CT molecular complexity index is 1030. The van der Waals surface area contributed by atoms with E-state index in [1.807, 2.05) is 47.0 Å². The van der Waals surface area contributed by atoms with Gasteiger partial charge in [0.15, 0.2) is 5.65 Å². The Morgan fingerprint density at radius 3 is 2.48 bits per heavy atom. The van der Waals surface area contributed by atoms with Gasteiger partial charge in [-0.05, 0) is 24.3 Å². The molecule has 0 bridgehead atoms. The Morgan fingerprint density at radius 2 is 1.60 bits per heavy atom. The van der Waals surface area contributed by atoms with Crippen molar-refractivity contribution in [1.29, 1.82) is 0 Å². The third kappa shape index (κ3) is 2.44. The maximum absolute atomic E-state index is 4.76. The molecule has 3 aromatic heterocycles. The molecule has 1 aliphatic heterocycles. The van der Waals surface area contributed by atoms with E-state index >= 15 is 0 Å². The van der Waals surface area contributed by atoms with Crippen LogP contribution >= 0.6 is 0 Å². The van der Waals surface area contributed by atoms with Crippen LogP contribution in [0.2, 0.25) is 0 Å². The number of rotatable bonds is 2. The molecule has 7 heteroatoms. The lowest BCUT2D eigenvalue weighted by molar-refractivity contribution is 0.639. The van der Waals surface area contributed by atoms with Crippen LogP contribution < -0.4 is 9.80 Å². The average Bonchev–Trinajstić information content (AvgIpc) is 3.17. The number of piperazine rings is 1. The second-order valence-corrected chi connectivity index (χ2v) is 6.13. The summed E-state index contributed by atoms with van der Waals surface area (Å²) >= 11 is 0. The minimum Gasteiger partial charge on any atom is -0.354 e. The van der Waals surface area contributed by atoms with E-state index in [0.717, 1.165) is 54.5 Å². The molecular weight excluding hydrogens is 314 g/mol. The highest BCUT2D eigenvalue weighted by atomic mass is 15.3. The van der Waals surface area contributed by atoms with Gasteiger partial charge in [0.05, 0.1) is 17.2 Å². The summed E-state index contributed by atoms with van der Waals surface area (Å²) in [5.41, 5.74) is 2.75. The zero-order valence-electron chi connectivity index (χ0n) is 13.7. The molecule has 0 radical (unpaired) electrons. The third-order valence-corrected chi connectivity index (χ3v) is 4.68. The first-order valence-corrected chi connectivity index (χ1v) is 8.39. The second-order valence-electron chi connectivity index (χ2n) is 6.13. The highest BCUT2D eigenvalue weighted by Crippen LogP contribution is 2.21. The molecule has 0 unspecified atom stereocenters. The Labute approximate surface area is 144 Å². The molecule has 0 saturated carbocycles. The maximum atomic E-state index is 4.76. The normalized spacial score (nSPS) is 15.2. The number of fused-ring (bicyclic) bond motifs is 2. The smallest absolute Gasteiger partial charge is 0.162 e. The van der Waals surface area contributed by atoms with Crippen molar-refractivity contribution in [2.45, 2.75) is 0 Å². The topological polar surface area (TPSA) is 62.5 Å². The minimum absolute atomic E-state index is 0.875. The molecule has 4 heterocycles. The molecular formula is C18H17N7. The first-order chi connectivity index (χ1) is 12.4. The quantitative estimate of drug-likeness (QED) is 0.560. The Balaban J connectivity index is 1.37. The fourth-order valence-corrected chi connectivity index (χ4v) is 3.36. The molecule has 1 saturated heterocycles. The number of nitrogens with zero attached hydrogens (tertiary/aromatic N) is 7. The molecule has 5 rings (SSSR count). The van der Waals surface area contributed by atoms with Crippen LogP contribution in [0.15, 0.2) is 55.0 Å². The number of benzene rings is 1. The van der Waals surface area contributed by atoms with E-state index in [0.29, 0.717) is 0 Å². The van der Waals surface area contributed by atoms with Crippen molar-refractivity contribution in [3.8, 4) is 0 Å². The summed E-state index contributed by atoms with van der Waals surface area (Å²) in [6, 6.07) is 14.1. The predicted molar refractivity (Wildman–Crippen MR) is 97.0 cm³/mol. The van der Waals surface area contributed by atoms with E-state index in [1.165, 1.54) is 0 Å². The highest BCUT2D eigenvalue weighted by Gasteiger charge is 2.20. The first-order valence-electron chi connectivity index (χ1n) is 8.39. The molecule has 7 nitrogen and oxygen atoms in total. The molecule has 0 atom stereocenters. The van der Waals surface area contributed by atoms with E-state index < -0.39 is 0 Å². The summed E-state index contributed by atoms with van der Waals surface area (Å²) < 4.78 is 2.03. The summed E-state index contributed by atoms with van der Waals surface area (Å²) in [6.07, 6.45) is 3.64. The Hall–Kier alpha value is -3.22. The van der Waals surface area contributed by atoms with Crippen LogP contribution in [0.25, 0.3) is 16.7 Å². The molecule has 1 aromatic carbocycles. The van der Waals surface area contributed by atoms with Gasteiger partial charge in [-0.15, -0.1) is 10.2 Å².